The fraction of sp³-hybridized carbons (Fsp3) is 0.375. The number of carbonyl (C=O) groups excluding carboxylic acids is 1. The predicted molar refractivity (Wildman–Crippen MR) is 82.7 cm³/mol. The van der Waals surface area contributed by atoms with Gasteiger partial charge in [-0.1, -0.05) is 26.8 Å². The van der Waals surface area contributed by atoms with Crippen molar-refractivity contribution in [1.82, 2.24) is 4.98 Å². The maximum absolute atomic E-state index is 12.1. The van der Waals surface area contributed by atoms with Crippen molar-refractivity contribution in [2.45, 2.75) is 33.7 Å². The molecule has 2 aromatic rings. The molecule has 0 aliphatic heterocycles. The molecule has 5 nitrogen and oxygen atoms in total. The molecule has 0 bridgehead atoms. The van der Waals surface area contributed by atoms with E-state index in [0.717, 1.165) is 11.3 Å². The maximum atomic E-state index is 12.1. The largest absolute Gasteiger partial charge is 0.444 e. The number of amides is 1. The number of hydrogen-bond acceptors (Lipinski definition) is 4. The van der Waals surface area contributed by atoms with Gasteiger partial charge < -0.3 is 15.5 Å². The second-order valence-corrected chi connectivity index (χ2v) is 6.21. The molecule has 3 N–H and O–H groups in total. The van der Waals surface area contributed by atoms with E-state index < -0.39 is 6.04 Å². The Labute approximate surface area is 124 Å². The highest BCUT2D eigenvalue weighted by Crippen LogP contribution is 2.23. The molecule has 0 saturated heterocycles. The lowest BCUT2D eigenvalue weighted by atomic mass is 9.87. The molecule has 21 heavy (non-hydrogen) atoms. The van der Waals surface area contributed by atoms with Crippen molar-refractivity contribution in [3.8, 4) is 11.5 Å². The number of aryl methyl sites for hydroxylation is 1. The minimum Gasteiger partial charge on any atom is -0.444 e. The number of nitrogens with two attached hydrogens (primary N) is 1. The standard InChI is InChI=1S/C16H21N3O2/c1-10-9-21-15(18-10)11-6-5-7-12(8-11)19-14(20)13(17)16(2,3)4/h5-9,13H,17H2,1-4H3,(H,19,20)/t13-/m1/s1. The van der Waals surface area contributed by atoms with E-state index >= 15 is 0 Å². The van der Waals surface area contributed by atoms with Gasteiger partial charge in [-0.15, -0.1) is 0 Å². The van der Waals surface area contributed by atoms with E-state index in [2.05, 4.69) is 10.3 Å². The van der Waals surface area contributed by atoms with E-state index in [0.29, 0.717) is 11.6 Å². The molecule has 1 atom stereocenters. The molecule has 0 aliphatic rings. The maximum Gasteiger partial charge on any atom is 0.241 e. The molecule has 1 amide bonds. The Morgan fingerprint density at radius 1 is 1.38 bits per heavy atom. The normalized spacial score (nSPS) is 13.0. The summed E-state index contributed by atoms with van der Waals surface area (Å²) in [6, 6.07) is 6.77. The van der Waals surface area contributed by atoms with Gasteiger partial charge in [0.2, 0.25) is 11.8 Å². The van der Waals surface area contributed by atoms with Gasteiger partial charge in [-0.3, -0.25) is 4.79 Å². The second-order valence-electron chi connectivity index (χ2n) is 6.21. The third-order valence-corrected chi connectivity index (χ3v) is 3.21. The molecule has 5 heteroatoms. The number of nitrogens with zero attached hydrogens (tertiary/aromatic N) is 1. The molecule has 0 spiro atoms. The zero-order valence-electron chi connectivity index (χ0n) is 12.8. The van der Waals surface area contributed by atoms with Crippen LogP contribution >= 0.6 is 0 Å². The van der Waals surface area contributed by atoms with E-state index in [9.17, 15) is 4.79 Å². The average Bonchev–Trinajstić information content (AvgIpc) is 2.84. The highest BCUT2D eigenvalue weighted by molar-refractivity contribution is 5.95. The van der Waals surface area contributed by atoms with Crippen molar-refractivity contribution in [2.24, 2.45) is 11.1 Å². The van der Waals surface area contributed by atoms with Crippen LogP contribution in [0.25, 0.3) is 11.5 Å². The summed E-state index contributed by atoms with van der Waals surface area (Å²) in [7, 11) is 0. The Hall–Kier alpha value is -2.14. The first kappa shape index (κ1) is 15.3. The van der Waals surface area contributed by atoms with Crippen LogP contribution in [0.2, 0.25) is 0 Å². The lowest BCUT2D eigenvalue weighted by Gasteiger charge is -2.25. The van der Waals surface area contributed by atoms with Crippen LogP contribution < -0.4 is 11.1 Å². The van der Waals surface area contributed by atoms with Crippen LogP contribution in [0.5, 0.6) is 0 Å². The van der Waals surface area contributed by atoms with Gasteiger partial charge in [-0.25, -0.2) is 4.98 Å². The van der Waals surface area contributed by atoms with E-state index in [4.69, 9.17) is 10.2 Å². The Morgan fingerprint density at radius 2 is 2.10 bits per heavy atom. The van der Waals surface area contributed by atoms with Crippen molar-refractivity contribution in [3.63, 3.8) is 0 Å². The topological polar surface area (TPSA) is 81.2 Å². The molecule has 1 heterocycles. The molecule has 0 aliphatic carbocycles. The summed E-state index contributed by atoms with van der Waals surface area (Å²) in [5.74, 6) is 0.326. The molecule has 0 radical (unpaired) electrons. The number of oxazole rings is 1. The third-order valence-electron chi connectivity index (χ3n) is 3.21. The summed E-state index contributed by atoms with van der Waals surface area (Å²) in [5, 5.41) is 2.83. The molecule has 0 saturated carbocycles. The Kier molecular flexibility index (Phi) is 4.14. The first-order valence-corrected chi connectivity index (χ1v) is 6.86. The average molecular weight is 287 g/mol. The lowest BCUT2D eigenvalue weighted by Crippen LogP contribution is -2.45. The van der Waals surface area contributed by atoms with Crippen LogP contribution in [0.4, 0.5) is 5.69 Å². The molecule has 1 aromatic heterocycles. The predicted octanol–water partition coefficient (Wildman–Crippen LogP) is 2.96. The van der Waals surface area contributed by atoms with Gasteiger partial charge >= 0.3 is 0 Å². The van der Waals surface area contributed by atoms with Crippen LogP contribution in [0.1, 0.15) is 26.5 Å². The molecular formula is C16H21N3O2. The van der Waals surface area contributed by atoms with E-state index in [1.54, 1.807) is 6.26 Å². The van der Waals surface area contributed by atoms with Crippen molar-refractivity contribution in [2.75, 3.05) is 5.32 Å². The van der Waals surface area contributed by atoms with Crippen LogP contribution in [-0.4, -0.2) is 16.9 Å². The number of rotatable bonds is 3. The highest BCUT2D eigenvalue weighted by Gasteiger charge is 2.27. The lowest BCUT2D eigenvalue weighted by molar-refractivity contribution is -0.119. The number of nitrogens with one attached hydrogen (secondary N) is 1. The number of anilines is 1. The van der Waals surface area contributed by atoms with Crippen LogP contribution in [0.15, 0.2) is 34.9 Å². The minimum absolute atomic E-state index is 0.205. The summed E-state index contributed by atoms with van der Waals surface area (Å²) >= 11 is 0. The summed E-state index contributed by atoms with van der Waals surface area (Å²) in [5.41, 5.74) is 7.96. The van der Waals surface area contributed by atoms with Gasteiger partial charge in [-0.2, -0.15) is 0 Å². The van der Waals surface area contributed by atoms with E-state index in [1.165, 1.54) is 0 Å². The number of aromatic nitrogens is 1. The first-order chi connectivity index (χ1) is 9.77. The highest BCUT2D eigenvalue weighted by atomic mass is 16.3. The summed E-state index contributed by atoms with van der Waals surface area (Å²) in [4.78, 5) is 16.4. The fourth-order valence-electron chi connectivity index (χ4n) is 1.83. The van der Waals surface area contributed by atoms with Crippen molar-refractivity contribution >= 4 is 11.6 Å². The van der Waals surface area contributed by atoms with E-state index in [1.807, 2.05) is 52.0 Å². The molecular weight excluding hydrogens is 266 g/mol. The zero-order valence-corrected chi connectivity index (χ0v) is 12.8. The summed E-state index contributed by atoms with van der Waals surface area (Å²) in [6.07, 6.45) is 1.59. The van der Waals surface area contributed by atoms with E-state index in [-0.39, 0.29) is 11.3 Å². The Morgan fingerprint density at radius 3 is 2.67 bits per heavy atom. The summed E-state index contributed by atoms with van der Waals surface area (Å²) < 4.78 is 5.36. The van der Waals surface area contributed by atoms with Gasteiger partial charge in [0.15, 0.2) is 0 Å². The van der Waals surface area contributed by atoms with Gasteiger partial charge in [-0.05, 0) is 30.5 Å². The van der Waals surface area contributed by atoms with Crippen molar-refractivity contribution in [3.05, 3.63) is 36.2 Å². The number of benzene rings is 1. The van der Waals surface area contributed by atoms with Crippen LogP contribution in [0, 0.1) is 12.3 Å². The van der Waals surface area contributed by atoms with Gasteiger partial charge in [0, 0.05) is 11.3 Å². The van der Waals surface area contributed by atoms with Gasteiger partial charge in [0.1, 0.15) is 6.26 Å². The number of carbonyl (C=O) groups is 1. The Balaban J connectivity index is 2.17. The SMILES string of the molecule is Cc1coc(-c2cccc(NC(=O)[C@@H](N)C(C)(C)C)c2)n1. The molecule has 0 unspecified atom stereocenters. The molecule has 0 fully saturated rings. The van der Waals surface area contributed by atoms with Crippen molar-refractivity contribution in [1.29, 1.82) is 0 Å². The third kappa shape index (κ3) is 3.70. The first-order valence-electron chi connectivity index (χ1n) is 6.86. The second kappa shape index (κ2) is 5.69. The minimum atomic E-state index is -0.579. The fourth-order valence-corrected chi connectivity index (χ4v) is 1.83. The molecule has 2 rings (SSSR count). The van der Waals surface area contributed by atoms with Gasteiger partial charge in [0.05, 0.1) is 11.7 Å². The van der Waals surface area contributed by atoms with Crippen LogP contribution in [0.3, 0.4) is 0 Å². The van der Waals surface area contributed by atoms with Crippen LogP contribution in [-0.2, 0) is 4.79 Å². The quantitative estimate of drug-likeness (QED) is 0.909. The molecule has 1 aromatic carbocycles. The summed E-state index contributed by atoms with van der Waals surface area (Å²) in [6.45, 7) is 7.66. The molecule has 112 valence electrons. The monoisotopic (exact) mass is 287 g/mol. The number of hydrogen-bond donors (Lipinski definition) is 2. The van der Waals surface area contributed by atoms with Gasteiger partial charge in [0.25, 0.3) is 0 Å². The Bertz CT molecular complexity index is 641. The smallest absolute Gasteiger partial charge is 0.241 e. The van der Waals surface area contributed by atoms with Crippen molar-refractivity contribution < 1.29 is 9.21 Å². The zero-order chi connectivity index (χ0) is 15.6.